The molecule has 2 aromatic heterocycles. The summed E-state index contributed by atoms with van der Waals surface area (Å²) < 4.78 is 5.30. The first-order chi connectivity index (χ1) is 9.88. The molecule has 2 N–H and O–H groups in total. The Kier molecular flexibility index (Phi) is 4.42. The number of aromatic nitrogens is 1. The van der Waals surface area contributed by atoms with Crippen molar-refractivity contribution in [1.29, 1.82) is 0 Å². The zero-order chi connectivity index (χ0) is 15.6. The van der Waals surface area contributed by atoms with Crippen LogP contribution in [0.5, 0.6) is 0 Å². The van der Waals surface area contributed by atoms with Crippen LogP contribution in [0.3, 0.4) is 0 Å². The monoisotopic (exact) mass is 308 g/mol. The molecule has 0 aromatic carbocycles. The number of hydrogen-bond acceptors (Lipinski definition) is 5. The van der Waals surface area contributed by atoms with Gasteiger partial charge in [-0.15, -0.1) is 11.3 Å². The predicted molar refractivity (Wildman–Crippen MR) is 77.8 cm³/mol. The minimum absolute atomic E-state index is 0.110. The maximum absolute atomic E-state index is 12.0. The van der Waals surface area contributed by atoms with Gasteiger partial charge in [0, 0.05) is 5.92 Å². The van der Waals surface area contributed by atoms with Gasteiger partial charge >= 0.3 is 5.97 Å². The largest absolute Gasteiger partial charge is 0.478 e. The molecule has 21 heavy (non-hydrogen) atoms. The van der Waals surface area contributed by atoms with Crippen LogP contribution in [0.25, 0.3) is 0 Å². The van der Waals surface area contributed by atoms with Crippen LogP contribution in [0, 0.1) is 6.92 Å². The second kappa shape index (κ2) is 6.09. The van der Waals surface area contributed by atoms with Crippen molar-refractivity contribution in [3.63, 3.8) is 0 Å². The number of furan rings is 1. The second-order valence-corrected chi connectivity index (χ2v) is 5.95. The highest BCUT2D eigenvalue weighted by Gasteiger charge is 2.16. The number of rotatable bonds is 5. The van der Waals surface area contributed by atoms with E-state index < -0.39 is 5.97 Å². The van der Waals surface area contributed by atoms with Gasteiger partial charge in [0.1, 0.15) is 22.0 Å². The number of aryl methyl sites for hydroxylation is 1. The van der Waals surface area contributed by atoms with Gasteiger partial charge in [-0.3, -0.25) is 4.79 Å². The van der Waals surface area contributed by atoms with Gasteiger partial charge in [-0.25, -0.2) is 9.78 Å². The molecule has 0 aliphatic carbocycles. The maximum atomic E-state index is 12.0. The summed E-state index contributed by atoms with van der Waals surface area (Å²) >= 11 is 1.35. The molecule has 0 atom stereocenters. The van der Waals surface area contributed by atoms with Crippen molar-refractivity contribution >= 4 is 23.2 Å². The molecule has 0 saturated carbocycles. The Morgan fingerprint density at radius 3 is 2.71 bits per heavy atom. The number of nitrogens with zero attached hydrogens (tertiary/aromatic N) is 1. The van der Waals surface area contributed by atoms with Gasteiger partial charge in [0.15, 0.2) is 0 Å². The van der Waals surface area contributed by atoms with Gasteiger partial charge < -0.3 is 14.8 Å². The molecule has 2 aromatic rings. The zero-order valence-electron chi connectivity index (χ0n) is 12.0. The summed E-state index contributed by atoms with van der Waals surface area (Å²) in [6, 6.07) is 1.42. The molecule has 7 heteroatoms. The Labute approximate surface area is 125 Å². The van der Waals surface area contributed by atoms with E-state index in [0.717, 1.165) is 5.01 Å². The van der Waals surface area contributed by atoms with Crippen LogP contribution < -0.4 is 5.32 Å². The fourth-order valence-corrected chi connectivity index (χ4v) is 2.59. The fraction of sp³-hybridized carbons (Fsp3) is 0.357. The number of carboxylic acid groups (broad SMARTS) is 1. The van der Waals surface area contributed by atoms with Crippen molar-refractivity contribution in [1.82, 2.24) is 10.3 Å². The lowest BCUT2D eigenvalue weighted by molar-refractivity contribution is 0.0694. The summed E-state index contributed by atoms with van der Waals surface area (Å²) in [7, 11) is 0. The topological polar surface area (TPSA) is 92.4 Å². The zero-order valence-corrected chi connectivity index (χ0v) is 12.8. The third-order valence-electron chi connectivity index (χ3n) is 2.86. The Morgan fingerprint density at radius 2 is 2.19 bits per heavy atom. The first-order valence-corrected chi connectivity index (χ1v) is 7.26. The van der Waals surface area contributed by atoms with Crippen LogP contribution in [-0.2, 0) is 6.54 Å². The summed E-state index contributed by atoms with van der Waals surface area (Å²) in [5.74, 6) is -0.274. The van der Waals surface area contributed by atoms with Gasteiger partial charge in [-0.05, 0) is 13.0 Å². The SMILES string of the molecule is Cc1oc(CNC(=O)c2cnc(C(C)C)s2)cc1C(=O)O. The third-order valence-corrected chi connectivity index (χ3v) is 4.16. The van der Waals surface area contributed by atoms with E-state index in [1.165, 1.54) is 17.4 Å². The van der Waals surface area contributed by atoms with E-state index in [2.05, 4.69) is 10.3 Å². The number of carboxylic acids is 1. The van der Waals surface area contributed by atoms with Crippen molar-refractivity contribution in [2.75, 3.05) is 0 Å². The Balaban J connectivity index is 2.00. The number of thiazole rings is 1. The van der Waals surface area contributed by atoms with Gasteiger partial charge in [0.25, 0.3) is 5.91 Å². The standard InChI is InChI=1S/C14H16N2O4S/c1-7(2)13-16-6-11(21-13)12(17)15-5-9-4-10(14(18)19)8(3)20-9/h4,6-7H,5H2,1-3H3,(H,15,17)(H,18,19). The lowest BCUT2D eigenvalue weighted by atomic mass is 10.2. The summed E-state index contributed by atoms with van der Waals surface area (Å²) in [6.45, 7) is 5.74. The van der Waals surface area contributed by atoms with Gasteiger partial charge in [0.05, 0.1) is 17.7 Å². The molecule has 0 spiro atoms. The van der Waals surface area contributed by atoms with Crippen LogP contribution in [0.15, 0.2) is 16.7 Å². The molecule has 2 heterocycles. The number of carbonyl (C=O) groups is 2. The molecular weight excluding hydrogens is 292 g/mol. The molecule has 0 aliphatic heterocycles. The predicted octanol–water partition coefficient (Wildman–Crippen LogP) is 2.80. The molecule has 2 rings (SSSR count). The average Bonchev–Trinajstić information content (AvgIpc) is 3.02. The van der Waals surface area contributed by atoms with Crippen LogP contribution >= 0.6 is 11.3 Å². The van der Waals surface area contributed by atoms with E-state index in [0.29, 0.717) is 16.4 Å². The van der Waals surface area contributed by atoms with Crippen LogP contribution in [0.2, 0.25) is 0 Å². The normalized spacial score (nSPS) is 10.9. The lowest BCUT2D eigenvalue weighted by Gasteiger charge is -2.00. The van der Waals surface area contributed by atoms with E-state index in [-0.39, 0.29) is 23.9 Å². The van der Waals surface area contributed by atoms with Crippen LogP contribution in [0.1, 0.15) is 56.3 Å². The molecule has 0 bridgehead atoms. The molecule has 0 unspecified atom stereocenters. The van der Waals surface area contributed by atoms with E-state index in [4.69, 9.17) is 9.52 Å². The molecule has 112 valence electrons. The van der Waals surface area contributed by atoms with Crippen molar-refractivity contribution in [2.45, 2.75) is 33.2 Å². The lowest BCUT2D eigenvalue weighted by Crippen LogP contribution is -2.21. The number of aromatic carboxylic acids is 1. The van der Waals surface area contributed by atoms with Crippen LogP contribution in [0.4, 0.5) is 0 Å². The smallest absolute Gasteiger partial charge is 0.339 e. The van der Waals surface area contributed by atoms with E-state index in [1.807, 2.05) is 13.8 Å². The van der Waals surface area contributed by atoms with Crippen LogP contribution in [-0.4, -0.2) is 22.0 Å². The summed E-state index contributed by atoms with van der Waals surface area (Å²) in [4.78, 5) is 27.6. The third kappa shape index (κ3) is 3.49. The molecule has 0 saturated heterocycles. The summed E-state index contributed by atoms with van der Waals surface area (Å²) in [5, 5.41) is 12.5. The quantitative estimate of drug-likeness (QED) is 0.886. The Hall–Kier alpha value is -2.15. The van der Waals surface area contributed by atoms with E-state index >= 15 is 0 Å². The van der Waals surface area contributed by atoms with E-state index in [9.17, 15) is 9.59 Å². The highest BCUT2D eigenvalue weighted by atomic mass is 32.1. The van der Waals surface area contributed by atoms with Crippen molar-refractivity contribution < 1.29 is 19.1 Å². The Bertz CT molecular complexity index is 672. The molecule has 1 amide bonds. The number of hydrogen-bond donors (Lipinski definition) is 2. The van der Waals surface area contributed by atoms with Crippen molar-refractivity contribution in [3.8, 4) is 0 Å². The first-order valence-electron chi connectivity index (χ1n) is 6.45. The van der Waals surface area contributed by atoms with E-state index in [1.54, 1.807) is 13.1 Å². The van der Waals surface area contributed by atoms with Crippen molar-refractivity contribution in [3.05, 3.63) is 39.2 Å². The molecule has 0 fully saturated rings. The summed E-state index contributed by atoms with van der Waals surface area (Å²) in [5.41, 5.74) is 0.110. The molecule has 0 aliphatic rings. The second-order valence-electron chi connectivity index (χ2n) is 4.89. The highest BCUT2D eigenvalue weighted by molar-refractivity contribution is 7.13. The molecule has 6 nitrogen and oxygen atoms in total. The molecular formula is C14H16N2O4S. The first kappa shape index (κ1) is 15.2. The van der Waals surface area contributed by atoms with Gasteiger partial charge in [0.2, 0.25) is 0 Å². The number of nitrogens with one attached hydrogen (secondary N) is 1. The maximum Gasteiger partial charge on any atom is 0.339 e. The van der Waals surface area contributed by atoms with Gasteiger partial charge in [-0.2, -0.15) is 0 Å². The number of amides is 1. The van der Waals surface area contributed by atoms with Crippen molar-refractivity contribution in [2.24, 2.45) is 0 Å². The number of carbonyl (C=O) groups excluding carboxylic acids is 1. The Morgan fingerprint density at radius 1 is 1.48 bits per heavy atom. The minimum atomic E-state index is -1.04. The fourth-order valence-electron chi connectivity index (χ4n) is 1.76. The minimum Gasteiger partial charge on any atom is -0.478 e. The summed E-state index contributed by atoms with van der Waals surface area (Å²) in [6.07, 6.45) is 1.55. The molecule has 0 radical (unpaired) electrons. The highest BCUT2D eigenvalue weighted by Crippen LogP contribution is 2.21. The average molecular weight is 308 g/mol. The van der Waals surface area contributed by atoms with Gasteiger partial charge in [-0.1, -0.05) is 13.8 Å².